The summed E-state index contributed by atoms with van der Waals surface area (Å²) in [7, 11) is -1.10. The molecule has 0 aromatic carbocycles. The minimum Gasteiger partial charge on any atom is -0.391 e. The van der Waals surface area contributed by atoms with E-state index in [9.17, 15) is 5.11 Å². The van der Waals surface area contributed by atoms with E-state index in [4.69, 9.17) is 10.5 Å². The van der Waals surface area contributed by atoms with Crippen molar-refractivity contribution in [3.63, 3.8) is 0 Å². The first-order chi connectivity index (χ1) is 11.0. The number of nitrogens with two attached hydrogens (primary N) is 1. The average Bonchev–Trinajstić information content (AvgIpc) is 2.93. The van der Waals surface area contributed by atoms with Gasteiger partial charge in [0.05, 0.1) is 27.0 Å². The van der Waals surface area contributed by atoms with E-state index in [0.717, 1.165) is 19.4 Å². The van der Waals surface area contributed by atoms with Crippen molar-refractivity contribution >= 4 is 25.8 Å². The zero-order chi connectivity index (χ0) is 16.8. The zero-order valence-corrected chi connectivity index (χ0v) is 15.3. The number of aromatic nitrogens is 4. The summed E-state index contributed by atoms with van der Waals surface area (Å²) in [5.41, 5.74) is 7.08. The molecule has 0 spiro atoms. The summed E-state index contributed by atoms with van der Waals surface area (Å²) >= 11 is 0. The van der Waals surface area contributed by atoms with Gasteiger partial charge in [0.2, 0.25) is 0 Å². The second kappa shape index (κ2) is 8.37. The number of hydrogen-bond donors (Lipinski definition) is 2. The first-order valence-electron chi connectivity index (χ1n) is 8.25. The standard InChI is InChI=1S/C15H27N5O2Si/c1-4-5-8-22-15(23(2)3)11(21)6-7-20-10-19-12-13(16)17-9-18-14(12)20/h9-11,15,21,23H,4-8H2,1-3H3,(H2,16,17,18). The third-order valence-corrected chi connectivity index (χ3v) is 5.89. The highest BCUT2D eigenvalue weighted by Gasteiger charge is 2.24. The average molecular weight is 338 g/mol. The molecular weight excluding hydrogens is 310 g/mol. The smallest absolute Gasteiger partial charge is 0.165 e. The number of aliphatic hydroxyl groups excluding tert-OH is 1. The largest absolute Gasteiger partial charge is 0.391 e. The summed E-state index contributed by atoms with van der Waals surface area (Å²) in [5, 5.41) is 10.5. The first kappa shape index (κ1) is 17.8. The molecule has 2 rings (SSSR count). The van der Waals surface area contributed by atoms with Crippen molar-refractivity contribution in [1.82, 2.24) is 19.5 Å². The Morgan fingerprint density at radius 2 is 2.13 bits per heavy atom. The predicted molar refractivity (Wildman–Crippen MR) is 93.9 cm³/mol. The van der Waals surface area contributed by atoms with Crippen LogP contribution in [-0.2, 0) is 11.3 Å². The molecule has 8 heteroatoms. The number of rotatable bonds is 9. The van der Waals surface area contributed by atoms with Gasteiger partial charge in [0, 0.05) is 13.2 Å². The van der Waals surface area contributed by atoms with E-state index >= 15 is 0 Å². The van der Waals surface area contributed by atoms with Crippen LogP contribution in [0.15, 0.2) is 12.7 Å². The van der Waals surface area contributed by atoms with Gasteiger partial charge in [0.25, 0.3) is 0 Å². The lowest BCUT2D eigenvalue weighted by Crippen LogP contribution is -2.40. The lowest BCUT2D eigenvalue weighted by Gasteiger charge is -2.26. The molecule has 0 saturated heterocycles. The Morgan fingerprint density at radius 3 is 2.83 bits per heavy atom. The summed E-state index contributed by atoms with van der Waals surface area (Å²) in [5.74, 6) is 0.379. The number of ether oxygens (including phenoxy) is 1. The summed E-state index contributed by atoms with van der Waals surface area (Å²) in [6.45, 7) is 7.91. The van der Waals surface area contributed by atoms with Gasteiger partial charge in [-0.05, 0) is 12.8 Å². The Labute approximate surface area is 138 Å². The third kappa shape index (κ3) is 4.49. The van der Waals surface area contributed by atoms with E-state index < -0.39 is 14.9 Å². The molecule has 0 aliphatic carbocycles. The molecule has 0 bridgehead atoms. The second-order valence-corrected chi connectivity index (χ2v) is 9.30. The Balaban J connectivity index is 1.98. The van der Waals surface area contributed by atoms with Gasteiger partial charge in [-0.3, -0.25) is 0 Å². The van der Waals surface area contributed by atoms with Gasteiger partial charge in [-0.2, -0.15) is 0 Å². The fourth-order valence-electron chi connectivity index (χ4n) is 2.61. The molecule has 128 valence electrons. The van der Waals surface area contributed by atoms with Gasteiger partial charge in [-0.1, -0.05) is 26.4 Å². The lowest BCUT2D eigenvalue weighted by atomic mass is 10.2. The van der Waals surface area contributed by atoms with Crippen LogP contribution >= 0.6 is 0 Å². The van der Waals surface area contributed by atoms with Gasteiger partial charge in [-0.25, -0.2) is 15.0 Å². The third-order valence-electron chi connectivity index (χ3n) is 3.94. The highest BCUT2D eigenvalue weighted by Crippen LogP contribution is 2.16. The van der Waals surface area contributed by atoms with Gasteiger partial charge in [0.1, 0.15) is 11.8 Å². The summed E-state index contributed by atoms with van der Waals surface area (Å²) in [6.07, 6.45) is 5.41. The second-order valence-electron chi connectivity index (χ2n) is 6.16. The highest BCUT2D eigenvalue weighted by molar-refractivity contribution is 6.57. The molecule has 0 amide bonds. The van der Waals surface area contributed by atoms with Gasteiger partial charge in [-0.15, -0.1) is 0 Å². The van der Waals surface area contributed by atoms with Crippen LogP contribution in [0.3, 0.4) is 0 Å². The molecule has 3 N–H and O–H groups in total. The van der Waals surface area contributed by atoms with Crippen molar-refractivity contribution in [2.75, 3.05) is 12.3 Å². The van der Waals surface area contributed by atoms with Crippen LogP contribution < -0.4 is 5.73 Å². The van der Waals surface area contributed by atoms with E-state index in [1.54, 1.807) is 6.33 Å². The number of nitrogens with zero attached hydrogens (tertiary/aromatic N) is 4. The van der Waals surface area contributed by atoms with Crippen LogP contribution in [0.2, 0.25) is 13.1 Å². The summed E-state index contributed by atoms with van der Waals surface area (Å²) in [4.78, 5) is 12.4. The minimum atomic E-state index is -1.10. The van der Waals surface area contributed by atoms with Crippen LogP contribution in [0.25, 0.3) is 11.2 Å². The van der Waals surface area contributed by atoms with Crippen molar-refractivity contribution in [3.05, 3.63) is 12.7 Å². The Bertz CT molecular complexity index is 619. The molecule has 7 nitrogen and oxygen atoms in total. The number of anilines is 1. The van der Waals surface area contributed by atoms with Crippen molar-refractivity contribution in [2.24, 2.45) is 0 Å². The summed E-state index contributed by atoms with van der Waals surface area (Å²) in [6, 6.07) is 0. The normalized spacial score (nSPS) is 14.5. The SMILES string of the molecule is CCCCOC(C(O)CCn1cnc2c(N)ncnc21)[SiH](C)C. The highest BCUT2D eigenvalue weighted by atomic mass is 28.3. The zero-order valence-electron chi connectivity index (χ0n) is 14.1. The van der Waals surface area contributed by atoms with Crippen molar-refractivity contribution < 1.29 is 9.84 Å². The lowest BCUT2D eigenvalue weighted by molar-refractivity contribution is -0.000902. The molecule has 2 unspecified atom stereocenters. The molecular formula is C15H27N5O2Si. The molecule has 2 aromatic heterocycles. The molecule has 0 aliphatic heterocycles. The predicted octanol–water partition coefficient (Wildman–Crippen LogP) is 1.37. The number of nitrogen functional groups attached to an aromatic ring is 1. The molecule has 2 aromatic rings. The van der Waals surface area contributed by atoms with E-state index in [1.807, 2.05) is 4.57 Å². The minimum absolute atomic E-state index is 0.0176. The molecule has 0 aliphatic rings. The maximum atomic E-state index is 10.5. The number of unbranched alkanes of at least 4 members (excludes halogenated alkanes) is 1. The van der Waals surface area contributed by atoms with Gasteiger partial charge >= 0.3 is 0 Å². The van der Waals surface area contributed by atoms with Gasteiger partial charge < -0.3 is 20.1 Å². The molecule has 0 radical (unpaired) electrons. The topological polar surface area (TPSA) is 99.1 Å². The fraction of sp³-hybridized carbons (Fsp3) is 0.667. The monoisotopic (exact) mass is 337 g/mol. The number of aliphatic hydroxyl groups is 1. The Hall–Kier alpha value is -1.51. The first-order valence-corrected chi connectivity index (χ1v) is 11.2. The number of hydrogen-bond acceptors (Lipinski definition) is 6. The van der Waals surface area contributed by atoms with E-state index in [-0.39, 0.29) is 5.73 Å². The number of imidazole rings is 1. The molecule has 0 fully saturated rings. The van der Waals surface area contributed by atoms with E-state index in [2.05, 4.69) is 35.0 Å². The van der Waals surface area contributed by atoms with Crippen molar-refractivity contribution in [2.45, 2.75) is 57.7 Å². The molecule has 2 atom stereocenters. The summed E-state index contributed by atoms with van der Waals surface area (Å²) < 4.78 is 7.83. The van der Waals surface area contributed by atoms with Crippen molar-refractivity contribution in [3.8, 4) is 0 Å². The molecule has 0 saturated carbocycles. The Morgan fingerprint density at radius 1 is 1.35 bits per heavy atom. The van der Waals surface area contributed by atoms with Gasteiger partial charge in [0.15, 0.2) is 11.5 Å². The van der Waals surface area contributed by atoms with Crippen LogP contribution in [-0.4, -0.2) is 51.9 Å². The van der Waals surface area contributed by atoms with E-state index in [0.29, 0.717) is 29.9 Å². The van der Waals surface area contributed by atoms with Crippen LogP contribution in [0, 0.1) is 0 Å². The van der Waals surface area contributed by atoms with Crippen LogP contribution in [0.4, 0.5) is 5.82 Å². The van der Waals surface area contributed by atoms with Crippen LogP contribution in [0.1, 0.15) is 26.2 Å². The number of fused-ring (bicyclic) bond motifs is 1. The molecule has 2 heterocycles. The Kier molecular flexibility index (Phi) is 6.49. The van der Waals surface area contributed by atoms with Crippen LogP contribution in [0.5, 0.6) is 0 Å². The molecule has 23 heavy (non-hydrogen) atoms. The number of aryl methyl sites for hydroxylation is 1. The fourth-order valence-corrected chi connectivity index (χ4v) is 4.21. The quantitative estimate of drug-likeness (QED) is 0.529. The maximum Gasteiger partial charge on any atom is 0.165 e. The van der Waals surface area contributed by atoms with E-state index in [1.165, 1.54) is 6.33 Å². The maximum absolute atomic E-state index is 10.5. The van der Waals surface area contributed by atoms with Crippen molar-refractivity contribution in [1.29, 1.82) is 0 Å².